The number of benzene rings is 1. The van der Waals surface area contributed by atoms with Crippen molar-refractivity contribution in [1.29, 1.82) is 0 Å². The Balaban J connectivity index is 2.14. The minimum atomic E-state index is -0.753. The first-order valence-electron chi connectivity index (χ1n) is 5.60. The molecule has 1 rings (SSSR count). The number of rotatable bonds is 8. The molecule has 0 spiro atoms. The molecule has 0 aliphatic rings. The van der Waals surface area contributed by atoms with Crippen LogP contribution in [0, 0.1) is 0 Å². The van der Waals surface area contributed by atoms with Crippen LogP contribution in [0.5, 0.6) is 0 Å². The van der Waals surface area contributed by atoms with Crippen LogP contribution in [-0.2, 0) is 4.79 Å². The van der Waals surface area contributed by atoms with Crippen LogP contribution in [0.1, 0.15) is 12.8 Å². The number of carbonyl (C=O) groups is 1. The average Bonchev–Trinajstić information content (AvgIpc) is 2.32. The summed E-state index contributed by atoms with van der Waals surface area (Å²) in [6.07, 6.45) is 0.859. The lowest BCUT2D eigenvalue weighted by Gasteiger charge is -2.06. The molecule has 6 heteroatoms. The van der Waals surface area contributed by atoms with E-state index in [-0.39, 0.29) is 6.42 Å². The zero-order valence-electron chi connectivity index (χ0n) is 9.79. The summed E-state index contributed by atoms with van der Waals surface area (Å²) in [5.41, 5.74) is 0. The van der Waals surface area contributed by atoms with Gasteiger partial charge in [0.1, 0.15) is 0 Å². The van der Waals surface area contributed by atoms with Gasteiger partial charge in [-0.05, 0) is 31.2 Å². The molecular weight excluding hydrogens is 293 g/mol. The van der Waals surface area contributed by atoms with Crippen molar-refractivity contribution in [1.82, 2.24) is 5.32 Å². The van der Waals surface area contributed by atoms with E-state index in [9.17, 15) is 4.79 Å². The van der Waals surface area contributed by atoms with Gasteiger partial charge in [0.25, 0.3) is 0 Å². The Bertz CT molecular complexity index is 402. The maximum Gasteiger partial charge on any atom is 0.303 e. The van der Waals surface area contributed by atoms with Crippen molar-refractivity contribution in [3.8, 4) is 0 Å². The summed E-state index contributed by atoms with van der Waals surface area (Å²) in [6.45, 7) is 1.53. The summed E-state index contributed by atoms with van der Waals surface area (Å²) in [5.74, 6) is 0.115. The van der Waals surface area contributed by atoms with Gasteiger partial charge in [0.2, 0.25) is 0 Å². The van der Waals surface area contributed by atoms with Crippen LogP contribution in [0.4, 0.5) is 0 Å². The third kappa shape index (κ3) is 6.50. The molecule has 0 heterocycles. The third-order valence-corrected chi connectivity index (χ3v) is 3.91. The quantitative estimate of drug-likeness (QED) is 0.570. The fourth-order valence-electron chi connectivity index (χ4n) is 1.31. The lowest BCUT2D eigenvalue weighted by atomic mass is 10.3. The second-order valence-corrected chi connectivity index (χ2v) is 5.65. The first-order chi connectivity index (χ1) is 8.59. The van der Waals surface area contributed by atoms with Crippen LogP contribution in [0.15, 0.2) is 23.1 Å². The van der Waals surface area contributed by atoms with Crippen LogP contribution in [0.2, 0.25) is 10.0 Å². The highest BCUT2D eigenvalue weighted by Gasteiger charge is 2.02. The Labute approximate surface area is 121 Å². The van der Waals surface area contributed by atoms with E-state index in [4.69, 9.17) is 28.3 Å². The maximum atomic E-state index is 10.3. The van der Waals surface area contributed by atoms with Crippen LogP contribution in [0.3, 0.4) is 0 Å². The molecule has 0 fully saturated rings. The maximum absolute atomic E-state index is 10.3. The summed E-state index contributed by atoms with van der Waals surface area (Å²) in [5, 5.41) is 13.0. The molecule has 100 valence electrons. The Morgan fingerprint density at radius 1 is 1.33 bits per heavy atom. The number of aliphatic carboxylic acids is 1. The number of thioether (sulfide) groups is 1. The Morgan fingerprint density at radius 2 is 2.11 bits per heavy atom. The summed E-state index contributed by atoms with van der Waals surface area (Å²) < 4.78 is 0. The summed E-state index contributed by atoms with van der Waals surface area (Å²) in [6, 6.07) is 5.39. The van der Waals surface area contributed by atoms with Gasteiger partial charge in [-0.1, -0.05) is 23.2 Å². The van der Waals surface area contributed by atoms with Gasteiger partial charge >= 0.3 is 5.97 Å². The van der Waals surface area contributed by atoms with E-state index in [0.717, 1.165) is 23.7 Å². The molecule has 0 aromatic heterocycles. The van der Waals surface area contributed by atoms with Gasteiger partial charge in [0, 0.05) is 28.6 Å². The summed E-state index contributed by atoms with van der Waals surface area (Å²) >= 11 is 13.5. The lowest BCUT2D eigenvalue weighted by molar-refractivity contribution is -0.137. The van der Waals surface area contributed by atoms with Gasteiger partial charge in [-0.2, -0.15) is 0 Å². The van der Waals surface area contributed by atoms with E-state index < -0.39 is 5.97 Å². The molecule has 2 N–H and O–H groups in total. The SMILES string of the molecule is O=C(O)CCCNCCSc1cc(Cl)ccc1Cl. The molecule has 0 atom stereocenters. The van der Waals surface area contributed by atoms with Crippen molar-refractivity contribution in [2.24, 2.45) is 0 Å². The first kappa shape index (κ1) is 15.6. The van der Waals surface area contributed by atoms with Crippen molar-refractivity contribution in [2.45, 2.75) is 17.7 Å². The molecule has 1 aromatic rings. The number of nitrogens with one attached hydrogen (secondary N) is 1. The van der Waals surface area contributed by atoms with Crippen molar-refractivity contribution >= 4 is 40.9 Å². The van der Waals surface area contributed by atoms with Crippen LogP contribution in [-0.4, -0.2) is 29.9 Å². The summed E-state index contributed by atoms with van der Waals surface area (Å²) in [4.78, 5) is 11.3. The topological polar surface area (TPSA) is 49.3 Å². The van der Waals surface area contributed by atoms with E-state index in [1.54, 1.807) is 23.9 Å². The van der Waals surface area contributed by atoms with Gasteiger partial charge in [-0.3, -0.25) is 4.79 Å². The number of hydrogen-bond donors (Lipinski definition) is 2. The van der Waals surface area contributed by atoms with Gasteiger partial charge in [0.15, 0.2) is 0 Å². The fourth-order valence-corrected chi connectivity index (χ4v) is 2.71. The van der Waals surface area contributed by atoms with Gasteiger partial charge in [-0.25, -0.2) is 0 Å². The predicted molar refractivity (Wildman–Crippen MR) is 76.9 cm³/mol. The molecule has 0 unspecified atom stereocenters. The second kappa shape index (κ2) is 8.64. The fraction of sp³-hybridized carbons (Fsp3) is 0.417. The smallest absolute Gasteiger partial charge is 0.303 e. The standard InChI is InChI=1S/C12H15Cl2NO2S/c13-9-3-4-10(14)11(8-9)18-7-6-15-5-1-2-12(16)17/h3-4,8,15H,1-2,5-7H2,(H,16,17). The van der Waals surface area contributed by atoms with E-state index in [0.29, 0.717) is 16.5 Å². The molecule has 3 nitrogen and oxygen atoms in total. The highest BCUT2D eigenvalue weighted by atomic mass is 35.5. The van der Waals surface area contributed by atoms with E-state index >= 15 is 0 Å². The summed E-state index contributed by atoms with van der Waals surface area (Å²) in [7, 11) is 0. The highest BCUT2D eigenvalue weighted by Crippen LogP contribution is 2.29. The van der Waals surface area contributed by atoms with E-state index in [1.807, 2.05) is 6.07 Å². The molecule has 0 aliphatic carbocycles. The molecule has 1 aromatic carbocycles. The van der Waals surface area contributed by atoms with Crippen LogP contribution in [0.25, 0.3) is 0 Å². The molecule has 0 saturated carbocycles. The normalized spacial score (nSPS) is 10.6. The number of hydrogen-bond acceptors (Lipinski definition) is 3. The minimum Gasteiger partial charge on any atom is -0.481 e. The zero-order chi connectivity index (χ0) is 13.4. The molecule has 0 amide bonds. The van der Waals surface area contributed by atoms with Crippen molar-refractivity contribution in [3.05, 3.63) is 28.2 Å². The van der Waals surface area contributed by atoms with E-state index in [1.165, 1.54) is 0 Å². The van der Waals surface area contributed by atoms with Crippen molar-refractivity contribution in [2.75, 3.05) is 18.8 Å². The van der Waals surface area contributed by atoms with Gasteiger partial charge in [0.05, 0.1) is 5.02 Å². The molecule has 0 saturated heterocycles. The first-order valence-corrected chi connectivity index (χ1v) is 7.34. The van der Waals surface area contributed by atoms with Gasteiger partial charge < -0.3 is 10.4 Å². The second-order valence-electron chi connectivity index (χ2n) is 3.67. The largest absolute Gasteiger partial charge is 0.481 e. The number of carboxylic acid groups (broad SMARTS) is 1. The highest BCUT2D eigenvalue weighted by molar-refractivity contribution is 7.99. The molecule has 0 radical (unpaired) electrons. The number of carboxylic acids is 1. The Hall–Kier alpha value is -0.420. The van der Waals surface area contributed by atoms with Crippen LogP contribution < -0.4 is 5.32 Å². The molecular formula is C12H15Cl2NO2S. The van der Waals surface area contributed by atoms with Crippen molar-refractivity contribution < 1.29 is 9.90 Å². The van der Waals surface area contributed by atoms with Crippen molar-refractivity contribution in [3.63, 3.8) is 0 Å². The Morgan fingerprint density at radius 3 is 2.83 bits per heavy atom. The third-order valence-electron chi connectivity index (χ3n) is 2.17. The lowest BCUT2D eigenvalue weighted by Crippen LogP contribution is -2.19. The molecule has 18 heavy (non-hydrogen) atoms. The predicted octanol–water partition coefficient (Wildman–Crippen LogP) is 3.54. The van der Waals surface area contributed by atoms with E-state index in [2.05, 4.69) is 5.32 Å². The monoisotopic (exact) mass is 307 g/mol. The van der Waals surface area contributed by atoms with Crippen LogP contribution >= 0.6 is 35.0 Å². The Kier molecular flexibility index (Phi) is 7.51. The molecule has 0 bridgehead atoms. The minimum absolute atomic E-state index is 0.209. The average molecular weight is 308 g/mol. The zero-order valence-corrected chi connectivity index (χ0v) is 12.1. The number of halogens is 2. The van der Waals surface area contributed by atoms with Gasteiger partial charge in [-0.15, -0.1) is 11.8 Å². The molecule has 0 aliphatic heterocycles.